The number of fused-ring (bicyclic) bond motifs is 1. The molecule has 2 fully saturated rings. The lowest BCUT2D eigenvalue weighted by atomic mass is 10.2. The van der Waals surface area contributed by atoms with Gasteiger partial charge in [-0.05, 0) is 12.1 Å². The molecule has 3 heterocycles. The van der Waals surface area contributed by atoms with Crippen molar-refractivity contribution in [3.63, 3.8) is 0 Å². The number of nitrogens with one attached hydrogen (secondary N) is 1. The van der Waals surface area contributed by atoms with Crippen LogP contribution in [0.4, 0.5) is 4.79 Å². The maximum atomic E-state index is 12.2. The largest absolute Gasteiger partial charge is 0.322 e. The van der Waals surface area contributed by atoms with E-state index in [4.69, 9.17) is 0 Å². The Hall–Kier alpha value is -1.62. The number of carbonyl (C=O) groups excluding carboxylic acids is 1. The Morgan fingerprint density at radius 2 is 2.39 bits per heavy atom. The molecule has 0 radical (unpaired) electrons. The van der Waals surface area contributed by atoms with Crippen LogP contribution in [0, 0.1) is 0 Å². The van der Waals surface area contributed by atoms with E-state index in [9.17, 15) is 4.79 Å². The number of hydrogen-bond acceptors (Lipinski definition) is 3. The maximum absolute atomic E-state index is 12.2. The van der Waals surface area contributed by atoms with Gasteiger partial charge in [-0.25, -0.2) is 4.79 Å². The number of pyridine rings is 1. The van der Waals surface area contributed by atoms with Crippen LogP contribution in [0.25, 0.3) is 0 Å². The first-order valence-electron chi connectivity index (χ1n) is 6.51. The van der Waals surface area contributed by atoms with Crippen molar-refractivity contribution in [2.45, 2.75) is 12.5 Å². The molecule has 1 aromatic rings. The molecule has 18 heavy (non-hydrogen) atoms. The lowest BCUT2D eigenvalue weighted by molar-refractivity contribution is 0.179. The van der Waals surface area contributed by atoms with Gasteiger partial charge in [0.2, 0.25) is 0 Å². The summed E-state index contributed by atoms with van der Waals surface area (Å²) in [6.07, 6.45) is 2.63. The predicted molar refractivity (Wildman–Crippen MR) is 68.3 cm³/mol. The van der Waals surface area contributed by atoms with E-state index in [-0.39, 0.29) is 6.03 Å². The first-order valence-corrected chi connectivity index (χ1v) is 6.51. The van der Waals surface area contributed by atoms with Crippen molar-refractivity contribution in [3.8, 4) is 0 Å². The smallest absolute Gasteiger partial charge is 0.320 e. The van der Waals surface area contributed by atoms with Gasteiger partial charge < -0.3 is 15.1 Å². The number of aromatic nitrogens is 1. The van der Waals surface area contributed by atoms with Crippen LogP contribution in [0.5, 0.6) is 0 Å². The van der Waals surface area contributed by atoms with Crippen LogP contribution in [0.3, 0.4) is 0 Å². The molecule has 2 amide bonds. The summed E-state index contributed by atoms with van der Waals surface area (Å²) < 4.78 is 0. The average molecular weight is 246 g/mol. The highest BCUT2D eigenvalue weighted by Gasteiger charge is 2.37. The van der Waals surface area contributed by atoms with Gasteiger partial charge in [0.05, 0.1) is 6.04 Å². The number of urea groups is 1. The predicted octanol–water partition coefficient (Wildman–Crippen LogP) is 0.333. The monoisotopic (exact) mass is 246 g/mol. The van der Waals surface area contributed by atoms with Gasteiger partial charge in [-0.1, -0.05) is 6.07 Å². The zero-order chi connectivity index (χ0) is 12.4. The summed E-state index contributed by atoms with van der Waals surface area (Å²) in [6.45, 7) is 4.28. The summed E-state index contributed by atoms with van der Waals surface area (Å²) in [7, 11) is 0. The van der Waals surface area contributed by atoms with E-state index >= 15 is 0 Å². The van der Waals surface area contributed by atoms with Gasteiger partial charge in [0.15, 0.2) is 0 Å². The van der Waals surface area contributed by atoms with Crippen LogP contribution in [-0.2, 0) is 6.42 Å². The molecular weight excluding hydrogens is 228 g/mol. The molecule has 0 saturated carbocycles. The Morgan fingerprint density at radius 1 is 1.44 bits per heavy atom. The molecule has 0 bridgehead atoms. The summed E-state index contributed by atoms with van der Waals surface area (Å²) >= 11 is 0. The fraction of sp³-hybridized carbons (Fsp3) is 0.538. The molecule has 1 unspecified atom stereocenters. The second-order valence-corrected chi connectivity index (χ2v) is 4.85. The highest BCUT2D eigenvalue weighted by molar-refractivity contribution is 5.77. The van der Waals surface area contributed by atoms with Crippen LogP contribution < -0.4 is 5.32 Å². The van der Waals surface area contributed by atoms with Crippen molar-refractivity contribution in [2.24, 2.45) is 0 Å². The molecular formula is C13H18N4O. The van der Waals surface area contributed by atoms with E-state index in [1.54, 1.807) is 6.20 Å². The van der Waals surface area contributed by atoms with E-state index in [0.717, 1.165) is 44.8 Å². The van der Waals surface area contributed by atoms with Crippen LogP contribution >= 0.6 is 0 Å². The molecule has 5 heteroatoms. The van der Waals surface area contributed by atoms with Crippen LogP contribution in [0.15, 0.2) is 24.4 Å². The second kappa shape index (κ2) is 4.94. The molecule has 1 N–H and O–H groups in total. The van der Waals surface area contributed by atoms with E-state index < -0.39 is 0 Å². The van der Waals surface area contributed by atoms with Gasteiger partial charge in [-0.2, -0.15) is 0 Å². The molecule has 96 valence electrons. The quantitative estimate of drug-likeness (QED) is 0.836. The van der Waals surface area contributed by atoms with Crippen molar-refractivity contribution in [3.05, 3.63) is 30.1 Å². The number of carbonyl (C=O) groups is 1. The summed E-state index contributed by atoms with van der Waals surface area (Å²) in [5, 5.41) is 3.34. The molecule has 3 rings (SSSR count). The standard InChI is InChI=1S/C13H18N4O/c18-13-16(7-4-11-3-1-2-5-15-11)10-12-9-14-6-8-17(12)13/h1-3,5,12,14H,4,6-10H2. The van der Waals surface area contributed by atoms with E-state index in [0.29, 0.717) is 6.04 Å². The van der Waals surface area contributed by atoms with Gasteiger partial charge in [-0.3, -0.25) is 4.98 Å². The molecule has 2 saturated heterocycles. The van der Waals surface area contributed by atoms with Crippen molar-refractivity contribution < 1.29 is 4.79 Å². The van der Waals surface area contributed by atoms with Gasteiger partial charge in [-0.15, -0.1) is 0 Å². The molecule has 2 aliphatic rings. The van der Waals surface area contributed by atoms with Gasteiger partial charge in [0.1, 0.15) is 0 Å². The Balaban J connectivity index is 1.59. The lowest BCUT2D eigenvalue weighted by Gasteiger charge is -2.28. The molecule has 0 aromatic carbocycles. The zero-order valence-corrected chi connectivity index (χ0v) is 10.4. The highest BCUT2D eigenvalue weighted by Crippen LogP contribution is 2.17. The minimum atomic E-state index is 0.192. The number of rotatable bonds is 3. The Labute approximate surface area is 107 Å². The van der Waals surface area contributed by atoms with Crippen LogP contribution in [0.1, 0.15) is 5.69 Å². The third kappa shape index (κ3) is 2.18. The van der Waals surface area contributed by atoms with Gasteiger partial charge in [0, 0.05) is 51.0 Å². The highest BCUT2D eigenvalue weighted by atomic mass is 16.2. The summed E-state index contributed by atoms with van der Waals surface area (Å²) in [5.74, 6) is 0. The molecule has 1 atom stereocenters. The fourth-order valence-electron chi connectivity index (χ4n) is 2.67. The van der Waals surface area contributed by atoms with Crippen molar-refractivity contribution in [1.29, 1.82) is 0 Å². The van der Waals surface area contributed by atoms with Crippen molar-refractivity contribution >= 4 is 6.03 Å². The third-order valence-corrected chi connectivity index (χ3v) is 3.66. The van der Waals surface area contributed by atoms with E-state index in [1.165, 1.54) is 0 Å². The molecule has 0 aliphatic carbocycles. The number of nitrogens with zero attached hydrogens (tertiary/aromatic N) is 3. The Bertz CT molecular complexity index is 422. The second-order valence-electron chi connectivity index (χ2n) is 4.85. The third-order valence-electron chi connectivity index (χ3n) is 3.66. The minimum absolute atomic E-state index is 0.192. The van der Waals surface area contributed by atoms with Crippen LogP contribution in [0.2, 0.25) is 0 Å². The molecule has 2 aliphatic heterocycles. The average Bonchev–Trinajstić information content (AvgIpc) is 2.75. The topological polar surface area (TPSA) is 48.5 Å². The van der Waals surface area contributed by atoms with Crippen molar-refractivity contribution in [1.82, 2.24) is 20.1 Å². The molecule has 1 aromatic heterocycles. The summed E-state index contributed by atoms with van der Waals surface area (Å²) in [6, 6.07) is 6.46. The lowest BCUT2D eigenvalue weighted by Crippen LogP contribution is -2.49. The zero-order valence-electron chi connectivity index (χ0n) is 10.4. The molecule has 5 nitrogen and oxygen atoms in total. The fourth-order valence-corrected chi connectivity index (χ4v) is 2.67. The SMILES string of the molecule is O=C1N(CCc2ccccn2)CC2CNCCN12. The normalized spacial score (nSPS) is 23.3. The number of hydrogen-bond donors (Lipinski definition) is 1. The first-order chi connectivity index (χ1) is 8.84. The maximum Gasteiger partial charge on any atom is 0.320 e. The molecule has 0 spiro atoms. The summed E-state index contributed by atoms with van der Waals surface area (Å²) in [4.78, 5) is 20.4. The van der Waals surface area contributed by atoms with Crippen molar-refractivity contribution in [2.75, 3.05) is 32.7 Å². The van der Waals surface area contributed by atoms with Gasteiger partial charge >= 0.3 is 6.03 Å². The van der Waals surface area contributed by atoms with Crippen LogP contribution in [-0.4, -0.2) is 59.6 Å². The summed E-state index contributed by atoms with van der Waals surface area (Å²) in [5.41, 5.74) is 1.05. The Kier molecular flexibility index (Phi) is 3.15. The number of amides is 2. The van der Waals surface area contributed by atoms with E-state index in [1.807, 2.05) is 28.0 Å². The number of piperazine rings is 1. The van der Waals surface area contributed by atoms with E-state index in [2.05, 4.69) is 10.3 Å². The minimum Gasteiger partial charge on any atom is -0.322 e. The van der Waals surface area contributed by atoms with Gasteiger partial charge in [0.25, 0.3) is 0 Å². The Morgan fingerprint density at radius 3 is 3.17 bits per heavy atom. The first kappa shape index (κ1) is 11.5.